The number of carbonyl (C=O) groups is 2. The highest BCUT2D eigenvalue weighted by molar-refractivity contribution is 5.76. The van der Waals surface area contributed by atoms with Crippen molar-refractivity contribution in [2.24, 2.45) is 0 Å². The molecule has 0 unspecified atom stereocenters. The highest BCUT2D eigenvalue weighted by Gasteiger charge is 2.33. The molecule has 4 N–H and O–H groups in total. The lowest BCUT2D eigenvalue weighted by Gasteiger charge is -2.39. The van der Waals surface area contributed by atoms with Crippen molar-refractivity contribution in [2.75, 3.05) is 13.6 Å². The topological polar surface area (TPSA) is 120 Å². The molecule has 258 valence electrons. The molecule has 4 atom stereocenters. The number of amides is 2. The maximum Gasteiger partial charge on any atom is 0.243 e. The third kappa shape index (κ3) is 10.3. The van der Waals surface area contributed by atoms with Gasteiger partial charge in [0.1, 0.15) is 0 Å². The molecule has 1 saturated heterocycles. The molecule has 2 amide bonds. The number of nitrogens with one attached hydrogen (secondary N) is 2. The number of rotatable bonds is 15. The number of benzene rings is 4. The molecular weight excluding hydrogens is 618 g/mol. The van der Waals surface area contributed by atoms with Gasteiger partial charge in [0.15, 0.2) is 6.29 Å². The maximum atomic E-state index is 12.3. The van der Waals surface area contributed by atoms with Crippen LogP contribution >= 0.6 is 0 Å². The fraction of sp³-hybridized carbons (Fsp3) is 0.350. The quantitative estimate of drug-likeness (QED) is 0.0629. The first-order valence-electron chi connectivity index (χ1n) is 17.0. The van der Waals surface area contributed by atoms with E-state index in [0.717, 1.165) is 39.9 Å². The fourth-order valence-electron chi connectivity index (χ4n) is 6.11. The largest absolute Gasteiger partial charge is 0.392 e. The smallest absolute Gasteiger partial charge is 0.243 e. The molecule has 0 bridgehead atoms. The molecule has 4 aromatic rings. The van der Waals surface area contributed by atoms with Crippen LogP contribution in [0.3, 0.4) is 0 Å². The number of hydrogen-bond acceptors (Lipinski definition) is 7. The van der Waals surface area contributed by atoms with Crippen LogP contribution in [0.1, 0.15) is 85.3 Å². The second kappa shape index (κ2) is 17.9. The predicted octanol–water partition coefficient (Wildman–Crippen LogP) is 6.77. The van der Waals surface area contributed by atoms with E-state index in [2.05, 4.69) is 78.8 Å². The molecule has 0 aromatic heterocycles. The van der Waals surface area contributed by atoms with Crippen LogP contribution in [-0.4, -0.2) is 46.7 Å². The van der Waals surface area contributed by atoms with Gasteiger partial charge < -0.3 is 19.9 Å². The Morgan fingerprint density at radius 2 is 1.51 bits per heavy atom. The Hall–Kier alpha value is -4.38. The lowest BCUT2D eigenvalue weighted by Crippen LogP contribution is -2.38. The van der Waals surface area contributed by atoms with E-state index in [1.165, 1.54) is 5.56 Å². The summed E-state index contributed by atoms with van der Waals surface area (Å²) < 4.78 is 13.2. The summed E-state index contributed by atoms with van der Waals surface area (Å²) in [5.74, 6) is -0.520. The zero-order valence-electron chi connectivity index (χ0n) is 28.3. The van der Waals surface area contributed by atoms with Crippen LogP contribution in [-0.2, 0) is 32.2 Å². The first-order chi connectivity index (χ1) is 23.8. The van der Waals surface area contributed by atoms with E-state index in [-0.39, 0.29) is 37.2 Å². The van der Waals surface area contributed by atoms with E-state index in [0.29, 0.717) is 32.2 Å². The van der Waals surface area contributed by atoms with Crippen molar-refractivity contribution >= 4 is 11.8 Å². The number of nitrogens with zero attached hydrogens (tertiary/aromatic N) is 1. The molecule has 0 spiro atoms. The van der Waals surface area contributed by atoms with Gasteiger partial charge in [-0.25, -0.2) is 5.48 Å². The van der Waals surface area contributed by atoms with Crippen LogP contribution < -0.4 is 10.8 Å². The summed E-state index contributed by atoms with van der Waals surface area (Å²) in [6.07, 6.45) is 1.55. The number of ether oxygens (including phenoxy) is 2. The van der Waals surface area contributed by atoms with Crippen LogP contribution in [0, 0.1) is 0 Å². The van der Waals surface area contributed by atoms with Crippen molar-refractivity contribution in [3.63, 3.8) is 0 Å². The number of hydrogen-bond donors (Lipinski definition) is 4. The lowest BCUT2D eigenvalue weighted by molar-refractivity contribution is -0.253. The van der Waals surface area contributed by atoms with E-state index < -0.39 is 12.2 Å². The molecule has 5 rings (SSSR count). The predicted molar refractivity (Wildman–Crippen MR) is 188 cm³/mol. The maximum absolute atomic E-state index is 12.3. The summed E-state index contributed by atoms with van der Waals surface area (Å²) in [6, 6.07) is 35.0. The van der Waals surface area contributed by atoms with Gasteiger partial charge in [0.05, 0.1) is 18.8 Å². The van der Waals surface area contributed by atoms with Gasteiger partial charge in [0.25, 0.3) is 0 Å². The summed E-state index contributed by atoms with van der Waals surface area (Å²) in [4.78, 5) is 25.8. The van der Waals surface area contributed by atoms with Gasteiger partial charge in [-0.3, -0.25) is 19.7 Å². The lowest BCUT2D eigenvalue weighted by atomic mass is 9.98. The Labute approximate surface area is 288 Å². The number of aliphatic hydroxyl groups excluding tert-OH is 1. The molecule has 0 saturated carbocycles. The van der Waals surface area contributed by atoms with Crippen molar-refractivity contribution in [1.82, 2.24) is 15.7 Å². The molecular formula is C40H47N3O6. The Morgan fingerprint density at radius 3 is 2.20 bits per heavy atom. The van der Waals surface area contributed by atoms with Gasteiger partial charge in [0, 0.05) is 44.0 Å². The van der Waals surface area contributed by atoms with Gasteiger partial charge in [-0.2, -0.15) is 0 Å². The third-order valence-electron chi connectivity index (χ3n) is 9.16. The minimum absolute atomic E-state index is 0.00127. The molecule has 1 heterocycles. The Bertz CT molecular complexity index is 1630. The summed E-state index contributed by atoms with van der Waals surface area (Å²) >= 11 is 0. The van der Waals surface area contributed by atoms with Gasteiger partial charge in [-0.1, -0.05) is 97.1 Å². The standard InChI is InChI=1S/C40H47N3O6/c1-28(31-10-4-3-5-11-31)43(2)26-36-24-37(33-17-15-29(27-44)16-18-33)49-40(48-36)34-21-19-32(20-22-34)35-12-8-9-30(23-35)25-41-38(45)13-6-7-14-39(46)42-47/h3-5,8-12,15-23,28,36-37,40,44,47H,6-7,13-14,24-27H2,1-2H3,(H,41,45)(H,42,46)/t28-,36+,37-,40-/m0/s1. The zero-order valence-corrected chi connectivity index (χ0v) is 28.3. The van der Waals surface area contributed by atoms with Crippen LogP contribution in [0.4, 0.5) is 0 Å². The van der Waals surface area contributed by atoms with Crippen LogP contribution in [0.5, 0.6) is 0 Å². The highest BCUT2D eigenvalue weighted by Crippen LogP contribution is 2.39. The molecule has 9 heteroatoms. The summed E-state index contributed by atoms with van der Waals surface area (Å²) in [5, 5.41) is 21.1. The van der Waals surface area contributed by atoms with Crippen LogP contribution in [0.25, 0.3) is 11.1 Å². The van der Waals surface area contributed by atoms with Crippen LogP contribution in [0.2, 0.25) is 0 Å². The fourth-order valence-corrected chi connectivity index (χ4v) is 6.11. The summed E-state index contributed by atoms with van der Waals surface area (Å²) in [7, 11) is 2.13. The average molecular weight is 666 g/mol. The summed E-state index contributed by atoms with van der Waals surface area (Å²) in [6.45, 7) is 3.36. The monoisotopic (exact) mass is 665 g/mol. The van der Waals surface area contributed by atoms with E-state index in [4.69, 9.17) is 14.7 Å². The number of aliphatic hydroxyl groups is 1. The molecule has 0 radical (unpaired) electrons. The van der Waals surface area contributed by atoms with Crippen LogP contribution in [0.15, 0.2) is 103 Å². The molecule has 1 aliphatic rings. The first-order valence-corrected chi connectivity index (χ1v) is 17.0. The van der Waals surface area contributed by atoms with Gasteiger partial charge in [-0.05, 0) is 66.3 Å². The van der Waals surface area contributed by atoms with Crippen molar-refractivity contribution in [1.29, 1.82) is 0 Å². The number of carbonyl (C=O) groups excluding carboxylic acids is 2. The Morgan fingerprint density at radius 1 is 0.816 bits per heavy atom. The van der Waals surface area contributed by atoms with Crippen molar-refractivity contribution in [2.45, 2.75) is 76.7 Å². The first kappa shape index (κ1) is 35.9. The van der Waals surface area contributed by atoms with Gasteiger partial charge in [0.2, 0.25) is 11.8 Å². The summed E-state index contributed by atoms with van der Waals surface area (Å²) in [5.41, 5.74) is 8.79. The van der Waals surface area contributed by atoms with Crippen molar-refractivity contribution < 1.29 is 29.4 Å². The molecule has 0 aliphatic carbocycles. The Balaban J connectivity index is 1.24. The molecule has 49 heavy (non-hydrogen) atoms. The SMILES string of the molecule is C[C@@H](c1ccccc1)N(C)C[C@H]1C[C@@H](c2ccc(CO)cc2)O[C@@H](c2ccc(-c3cccc(CNC(=O)CCCCC(=O)NO)c3)cc2)O1. The van der Waals surface area contributed by atoms with E-state index >= 15 is 0 Å². The molecule has 1 aliphatic heterocycles. The minimum Gasteiger partial charge on any atom is -0.392 e. The van der Waals surface area contributed by atoms with E-state index in [1.807, 2.05) is 48.5 Å². The minimum atomic E-state index is -0.546. The van der Waals surface area contributed by atoms with E-state index in [1.54, 1.807) is 5.48 Å². The average Bonchev–Trinajstić information content (AvgIpc) is 3.15. The Kier molecular flexibility index (Phi) is 13.1. The molecule has 4 aromatic carbocycles. The molecule has 9 nitrogen and oxygen atoms in total. The van der Waals surface area contributed by atoms with Gasteiger partial charge in [-0.15, -0.1) is 0 Å². The normalized spacial score (nSPS) is 18.2. The van der Waals surface area contributed by atoms with Crippen molar-refractivity contribution in [3.05, 3.63) is 131 Å². The second-order valence-corrected chi connectivity index (χ2v) is 12.7. The number of hydroxylamine groups is 1. The van der Waals surface area contributed by atoms with Gasteiger partial charge >= 0.3 is 0 Å². The number of unbranched alkanes of at least 4 members (excludes halogenated alkanes) is 1. The van der Waals surface area contributed by atoms with E-state index in [9.17, 15) is 14.7 Å². The molecule has 1 fully saturated rings. The highest BCUT2D eigenvalue weighted by atomic mass is 16.7. The second-order valence-electron chi connectivity index (χ2n) is 12.7. The van der Waals surface area contributed by atoms with Crippen molar-refractivity contribution in [3.8, 4) is 11.1 Å². The third-order valence-corrected chi connectivity index (χ3v) is 9.16. The zero-order chi connectivity index (χ0) is 34.6. The number of likely N-dealkylation sites (N-methyl/N-ethyl adjacent to an activating group) is 1.